The summed E-state index contributed by atoms with van der Waals surface area (Å²) in [5.74, 6) is 0.135. The molecule has 1 rings (SSSR count). The van der Waals surface area contributed by atoms with Crippen LogP contribution in [0.3, 0.4) is 0 Å². The summed E-state index contributed by atoms with van der Waals surface area (Å²) in [6, 6.07) is 8.08. The predicted octanol–water partition coefficient (Wildman–Crippen LogP) is 2.93. The van der Waals surface area contributed by atoms with Crippen LogP contribution in [0.5, 0.6) is 0 Å². The number of halogens is 1. The highest BCUT2D eigenvalue weighted by Crippen LogP contribution is 2.25. The van der Waals surface area contributed by atoms with Crippen LogP contribution in [-0.2, 0) is 0 Å². The molecule has 1 aromatic rings. The normalized spacial score (nSPS) is 12.5. The Morgan fingerprint density at radius 3 is 2.69 bits per heavy atom. The van der Waals surface area contributed by atoms with Gasteiger partial charge in [0.15, 0.2) is 0 Å². The number of hydrogen-bond acceptors (Lipinski definition) is 1. The molecule has 1 aromatic carbocycles. The average Bonchev–Trinajstić information content (AvgIpc) is 2.16. The minimum Gasteiger partial charge on any atom is -0.396 e. The first-order valence-electron chi connectivity index (χ1n) is 4.21. The van der Waals surface area contributed by atoms with E-state index in [0.717, 1.165) is 11.1 Å². The van der Waals surface area contributed by atoms with Gasteiger partial charge in [0.1, 0.15) is 0 Å². The van der Waals surface area contributed by atoms with Crippen LogP contribution in [0.25, 0.3) is 5.57 Å². The van der Waals surface area contributed by atoms with E-state index < -0.39 is 0 Å². The van der Waals surface area contributed by atoms with Crippen molar-refractivity contribution in [2.24, 2.45) is 5.92 Å². The fraction of sp³-hybridized carbons (Fsp3) is 0.273. The van der Waals surface area contributed by atoms with Crippen LogP contribution in [0.15, 0.2) is 30.8 Å². The van der Waals surface area contributed by atoms with Crippen LogP contribution >= 0.6 is 22.6 Å². The molecule has 0 amide bonds. The van der Waals surface area contributed by atoms with Gasteiger partial charge in [0.05, 0.1) is 0 Å². The van der Waals surface area contributed by atoms with Gasteiger partial charge in [-0.25, -0.2) is 0 Å². The maximum atomic E-state index is 8.99. The van der Waals surface area contributed by atoms with Crippen molar-refractivity contribution >= 4 is 28.2 Å². The standard InChI is InChI=1S/C11H13IO/c1-8(7-13)9(2)10-5-3-4-6-11(10)12/h3-6,8,13H,2,7H2,1H3/t8-/m1/s1. The van der Waals surface area contributed by atoms with Crippen molar-refractivity contribution < 1.29 is 5.11 Å². The minimum atomic E-state index is 0.135. The lowest BCUT2D eigenvalue weighted by atomic mass is 9.96. The SMILES string of the molecule is C=C(c1ccccc1I)[C@H](C)CO. The summed E-state index contributed by atoms with van der Waals surface area (Å²) in [4.78, 5) is 0. The molecule has 70 valence electrons. The lowest BCUT2D eigenvalue weighted by Gasteiger charge is -2.13. The Labute approximate surface area is 92.6 Å². The molecule has 1 atom stereocenters. The molecule has 0 fully saturated rings. The fourth-order valence-corrected chi connectivity index (χ4v) is 1.83. The largest absolute Gasteiger partial charge is 0.396 e. The number of aliphatic hydroxyl groups excluding tert-OH is 1. The van der Waals surface area contributed by atoms with Gasteiger partial charge in [0.25, 0.3) is 0 Å². The van der Waals surface area contributed by atoms with Gasteiger partial charge < -0.3 is 5.11 Å². The molecule has 0 aromatic heterocycles. The van der Waals surface area contributed by atoms with Gasteiger partial charge in [0.2, 0.25) is 0 Å². The number of hydrogen-bond donors (Lipinski definition) is 1. The molecule has 0 aliphatic rings. The van der Waals surface area contributed by atoms with Gasteiger partial charge in [-0.2, -0.15) is 0 Å². The lowest BCUT2D eigenvalue weighted by molar-refractivity contribution is 0.266. The summed E-state index contributed by atoms with van der Waals surface area (Å²) in [7, 11) is 0. The van der Waals surface area contributed by atoms with E-state index in [1.54, 1.807) is 0 Å². The average molecular weight is 288 g/mol. The van der Waals surface area contributed by atoms with Crippen molar-refractivity contribution in [1.29, 1.82) is 0 Å². The first kappa shape index (κ1) is 10.7. The zero-order valence-corrected chi connectivity index (χ0v) is 9.78. The molecule has 0 spiro atoms. The molecule has 0 aliphatic carbocycles. The Kier molecular flexibility index (Phi) is 3.93. The molecule has 0 aliphatic heterocycles. The molecule has 0 bridgehead atoms. The van der Waals surface area contributed by atoms with E-state index in [1.165, 1.54) is 3.57 Å². The molecular weight excluding hydrogens is 275 g/mol. The lowest BCUT2D eigenvalue weighted by Crippen LogP contribution is -2.03. The van der Waals surface area contributed by atoms with Crippen molar-refractivity contribution in [3.63, 3.8) is 0 Å². The van der Waals surface area contributed by atoms with E-state index in [9.17, 15) is 0 Å². The van der Waals surface area contributed by atoms with Gasteiger partial charge in [-0.05, 0) is 39.8 Å². The molecule has 1 N–H and O–H groups in total. The molecule has 1 nitrogen and oxygen atoms in total. The van der Waals surface area contributed by atoms with E-state index >= 15 is 0 Å². The highest BCUT2D eigenvalue weighted by Gasteiger charge is 2.09. The van der Waals surface area contributed by atoms with Crippen LogP contribution < -0.4 is 0 Å². The Bertz CT molecular complexity index is 307. The molecule has 0 saturated heterocycles. The molecule has 0 heterocycles. The van der Waals surface area contributed by atoms with Gasteiger partial charge in [0, 0.05) is 16.1 Å². The summed E-state index contributed by atoms with van der Waals surface area (Å²) >= 11 is 2.28. The second-order valence-corrected chi connectivity index (χ2v) is 4.25. The van der Waals surface area contributed by atoms with E-state index in [1.807, 2.05) is 31.2 Å². The van der Waals surface area contributed by atoms with Crippen molar-refractivity contribution in [3.8, 4) is 0 Å². The fourth-order valence-electron chi connectivity index (χ4n) is 1.10. The Hall–Kier alpha value is -0.350. The number of benzene rings is 1. The van der Waals surface area contributed by atoms with E-state index in [2.05, 4.69) is 29.2 Å². The van der Waals surface area contributed by atoms with Gasteiger partial charge in [-0.1, -0.05) is 31.7 Å². The maximum Gasteiger partial charge on any atom is 0.0497 e. The Balaban J connectivity index is 2.95. The molecule has 0 radical (unpaired) electrons. The quantitative estimate of drug-likeness (QED) is 0.848. The minimum absolute atomic E-state index is 0.135. The van der Waals surface area contributed by atoms with E-state index in [4.69, 9.17) is 5.11 Å². The van der Waals surface area contributed by atoms with Gasteiger partial charge in [-0.15, -0.1) is 0 Å². The first-order valence-corrected chi connectivity index (χ1v) is 5.29. The second kappa shape index (κ2) is 4.77. The van der Waals surface area contributed by atoms with Crippen LogP contribution in [0.4, 0.5) is 0 Å². The monoisotopic (exact) mass is 288 g/mol. The van der Waals surface area contributed by atoms with Gasteiger partial charge in [-0.3, -0.25) is 0 Å². The topological polar surface area (TPSA) is 20.2 Å². The first-order chi connectivity index (χ1) is 6.16. The summed E-state index contributed by atoms with van der Waals surface area (Å²) in [5, 5.41) is 8.99. The van der Waals surface area contributed by atoms with Crippen molar-refractivity contribution in [2.75, 3.05) is 6.61 Å². The van der Waals surface area contributed by atoms with Crippen molar-refractivity contribution in [3.05, 3.63) is 40.0 Å². The molecule has 13 heavy (non-hydrogen) atoms. The third-order valence-electron chi connectivity index (χ3n) is 2.09. The van der Waals surface area contributed by atoms with Gasteiger partial charge >= 0.3 is 0 Å². The summed E-state index contributed by atoms with van der Waals surface area (Å²) in [6.07, 6.45) is 0. The zero-order valence-electron chi connectivity index (χ0n) is 7.63. The third-order valence-corrected chi connectivity index (χ3v) is 3.03. The molecule has 2 heteroatoms. The molecule has 0 saturated carbocycles. The summed E-state index contributed by atoms with van der Waals surface area (Å²) in [5.41, 5.74) is 2.15. The van der Waals surface area contributed by atoms with E-state index in [0.29, 0.717) is 0 Å². The summed E-state index contributed by atoms with van der Waals surface area (Å²) < 4.78 is 1.19. The Morgan fingerprint density at radius 1 is 1.54 bits per heavy atom. The molecule has 0 unspecified atom stereocenters. The molecular formula is C11H13IO. The maximum absolute atomic E-state index is 8.99. The van der Waals surface area contributed by atoms with Crippen LogP contribution in [0, 0.1) is 9.49 Å². The number of rotatable bonds is 3. The highest BCUT2D eigenvalue weighted by molar-refractivity contribution is 14.1. The summed E-state index contributed by atoms with van der Waals surface area (Å²) in [6.45, 7) is 6.13. The van der Waals surface area contributed by atoms with Crippen molar-refractivity contribution in [2.45, 2.75) is 6.92 Å². The highest BCUT2D eigenvalue weighted by atomic mass is 127. The predicted molar refractivity (Wildman–Crippen MR) is 64.4 cm³/mol. The van der Waals surface area contributed by atoms with Crippen LogP contribution in [-0.4, -0.2) is 11.7 Å². The van der Waals surface area contributed by atoms with Crippen LogP contribution in [0.1, 0.15) is 12.5 Å². The smallest absolute Gasteiger partial charge is 0.0497 e. The Morgan fingerprint density at radius 2 is 2.15 bits per heavy atom. The zero-order chi connectivity index (χ0) is 9.84. The van der Waals surface area contributed by atoms with Crippen molar-refractivity contribution in [1.82, 2.24) is 0 Å². The third kappa shape index (κ3) is 2.54. The van der Waals surface area contributed by atoms with E-state index in [-0.39, 0.29) is 12.5 Å². The second-order valence-electron chi connectivity index (χ2n) is 3.09. The van der Waals surface area contributed by atoms with Crippen LogP contribution in [0.2, 0.25) is 0 Å². The number of aliphatic hydroxyl groups is 1.